The highest BCUT2D eigenvalue weighted by Gasteiger charge is 2.64. The van der Waals surface area contributed by atoms with E-state index >= 15 is 0 Å². The van der Waals surface area contributed by atoms with Gasteiger partial charge in [0, 0.05) is 0 Å². The van der Waals surface area contributed by atoms with Crippen molar-refractivity contribution < 1.29 is 4.74 Å². The zero-order chi connectivity index (χ0) is 9.10. The molecule has 1 saturated heterocycles. The van der Waals surface area contributed by atoms with E-state index in [1.807, 2.05) is 0 Å². The van der Waals surface area contributed by atoms with Gasteiger partial charge in [0.05, 0.1) is 0 Å². The Hall–Kier alpha value is -1.08. The normalized spacial score (nSPS) is 39.5. The molecule has 1 nitrogen and oxygen atoms in total. The summed E-state index contributed by atoms with van der Waals surface area (Å²) in [4.78, 5) is 0. The van der Waals surface area contributed by atoms with E-state index in [-0.39, 0.29) is 11.2 Å². The molecule has 0 bridgehead atoms. The van der Waals surface area contributed by atoms with Gasteiger partial charge in [-0.3, -0.25) is 0 Å². The van der Waals surface area contributed by atoms with Gasteiger partial charge in [-0.15, -0.1) is 0 Å². The lowest BCUT2D eigenvalue weighted by Crippen LogP contribution is -2.19. The predicted octanol–water partition coefficient (Wildman–Crippen LogP) is 2.72. The molecule has 0 N–H and O–H groups in total. The van der Waals surface area contributed by atoms with E-state index in [4.69, 9.17) is 4.74 Å². The highest BCUT2D eigenvalue weighted by Crippen LogP contribution is 2.59. The Labute approximate surface area is 78.0 Å². The fourth-order valence-corrected chi connectivity index (χ4v) is 2.24. The van der Waals surface area contributed by atoms with Gasteiger partial charge < -0.3 is 4.74 Å². The van der Waals surface area contributed by atoms with Gasteiger partial charge in [0.1, 0.15) is 11.2 Å². The van der Waals surface area contributed by atoms with Gasteiger partial charge in [-0.05, 0) is 31.1 Å². The summed E-state index contributed by atoms with van der Waals surface area (Å²) in [6.45, 7) is 4.30. The molecule has 66 valence electrons. The summed E-state index contributed by atoms with van der Waals surface area (Å²) in [5.41, 5.74) is 2.49. The highest BCUT2D eigenvalue weighted by molar-refractivity contribution is 5.64. The Bertz CT molecular complexity index is 407. The average molecular weight is 172 g/mol. The Morgan fingerprint density at radius 3 is 2.77 bits per heavy atom. The van der Waals surface area contributed by atoms with Crippen LogP contribution in [0.15, 0.2) is 30.3 Å². The molecule has 13 heavy (non-hydrogen) atoms. The van der Waals surface area contributed by atoms with Crippen molar-refractivity contribution in [3.05, 3.63) is 41.5 Å². The molecule has 1 aliphatic heterocycles. The summed E-state index contributed by atoms with van der Waals surface area (Å²) < 4.78 is 5.79. The number of benzene rings is 1. The topological polar surface area (TPSA) is 12.5 Å². The summed E-state index contributed by atoms with van der Waals surface area (Å²) in [7, 11) is 0. The molecule has 0 aromatic heterocycles. The van der Waals surface area contributed by atoms with Crippen LogP contribution in [0.2, 0.25) is 0 Å². The molecule has 1 fully saturated rings. The molecule has 1 heteroatoms. The van der Waals surface area contributed by atoms with Crippen LogP contribution in [0.1, 0.15) is 25.0 Å². The second-order valence-corrected chi connectivity index (χ2v) is 4.16. The number of hydrogen-bond donors (Lipinski definition) is 0. The van der Waals surface area contributed by atoms with E-state index in [0.717, 1.165) is 0 Å². The van der Waals surface area contributed by atoms with Crippen molar-refractivity contribution >= 4 is 6.08 Å². The first-order chi connectivity index (χ1) is 6.16. The lowest BCUT2D eigenvalue weighted by atomic mass is 9.82. The maximum Gasteiger partial charge on any atom is 0.124 e. The Balaban J connectivity index is 2.27. The zero-order valence-corrected chi connectivity index (χ0v) is 7.87. The van der Waals surface area contributed by atoms with E-state index in [9.17, 15) is 0 Å². The van der Waals surface area contributed by atoms with Crippen molar-refractivity contribution in [3.63, 3.8) is 0 Å². The van der Waals surface area contributed by atoms with Crippen molar-refractivity contribution in [1.82, 2.24) is 0 Å². The standard InChI is InChI=1S/C12H12O/c1-11-8-7-9-5-3-4-6-10(9)12(11,2)13-11/h3-8H,1-2H3. The molecule has 3 rings (SSSR count). The molecular formula is C12H12O. The van der Waals surface area contributed by atoms with Crippen LogP contribution in [-0.4, -0.2) is 5.60 Å². The number of ether oxygens (including phenoxy) is 1. The Morgan fingerprint density at radius 2 is 1.92 bits per heavy atom. The number of fused-ring (bicyclic) bond motifs is 3. The summed E-state index contributed by atoms with van der Waals surface area (Å²) in [5.74, 6) is 0. The van der Waals surface area contributed by atoms with Crippen molar-refractivity contribution in [2.24, 2.45) is 0 Å². The largest absolute Gasteiger partial charge is 0.354 e. The molecule has 1 aromatic rings. The van der Waals surface area contributed by atoms with Gasteiger partial charge in [-0.1, -0.05) is 30.3 Å². The Kier molecular flexibility index (Phi) is 1.06. The van der Waals surface area contributed by atoms with Gasteiger partial charge in [0.15, 0.2) is 0 Å². The van der Waals surface area contributed by atoms with Crippen LogP contribution in [0.25, 0.3) is 6.08 Å². The smallest absolute Gasteiger partial charge is 0.124 e. The fraction of sp³-hybridized carbons (Fsp3) is 0.333. The SMILES string of the molecule is CC12C=Cc3ccccc3C1(C)O2. The first-order valence-electron chi connectivity index (χ1n) is 4.65. The molecule has 1 heterocycles. The number of hydrogen-bond acceptors (Lipinski definition) is 1. The molecule has 1 aromatic carbocycles. The highest BCUT2D eigenvalue weighted by atomic mass is 16.6. The maximum absolute atomic E-state index is 5.79. The second-order valence-electron chi connectivity index (χ2n) is 4.16. The third-order valence-electron chi connectivity index (χ3n) is 3.38. The lowest BCUT2D eigenvalue weighted by molar-refractivity contribution is 0.299. The molecule has 2 atom stereocenters. The van der Waals surface area contributed by atoms with Crippen LogP contribution in [0.4, 0.5) is 0 Å². The van der Waals surface area contributed by atoms with Crippen LogP contribution < -0.4 is 0 Å². The van der Waals surface area contributed by atoms with Gasteiger partial charge in [0.25, 0.3) is 0 Å². The van der Waals surface area contributed by atoms with Gasteiger partial charge in [0.2, 0.25) is 0 Å². The molecule has 2 aliphatic rings. The first-order valence-corrected chi connectivity index (χ1v) is 4.65. The van der Waals surface area contributed by atoms with Crippen LogP contribution in [0.5, 0.6) is 0 Å². The fourth-order valence-electron chi connectivity index (χ4n) is 2.24. The molecule has 0 saturated carbocycles. The summed E-state index contributed by atoms with van der Waals surface area (Å²) in [6, 6.07) is 8.44. The van der Waals surface area contributed by atoms with Crippen molar-refractivity contribution in [2.75, 3.05) is 0 Å². The summed E-state index contributed by atoms with van der Waals surface area (Å²) in [5, 5.41) is 0. The van der Waals surface area contributed by atoms with Crippen molar-refractivity contribution in [1.29, 1.82) is 0 Å². The molecule has 0 radical (unpaired) electrons. The summed E-state index contributed by atoms with van der Waals surface area (Å²) in [6.07, 6.45) is 4.32. The van der Waals surface area contributed by atoms with Crippen molar-refractivity contribution in [2.45, 2.75) is 25.0 Å². The van der Waals surface area contributed by atoms with Crippen LogP contribution in [0.3, 0.4) is 0 Å². The quantitative estimate of drug-likeness (QED) is 0.548. The third-order valence-corrected chi connectivity index (χ3v) is 3.38. The second kappa shape index (κ2) is 1.88. The minimum absolute atomic E-state index is 0.0542. The maximum atomic E-state index is 5.79. The lowest BCUT2D eigenvalue weighted by Gasteiger charge is -2.17. The third kappa shape index (κ3) is 0.713. The zero-order valence-electron chi connectivity index (χ0n) is 7.87. The van der Waals surface area contributed by atoms with E-state index < -0.39 is 0 Å². The van der Waals surface area contributed by atoms with Gasteiger partial charge in [-0.2, -0.15) is 0 Å². The first kappa shape index (κ1) is 7.34. The van der Waals surface area contributed by atoms with Crippen LogP contribution >= 0.6 is 0 Å². The summed E-state index contributed by atoms with van der Waals surface area (Å²) >= 11 is 0. The molecule has 2 unspecified atom stereocenters. The van der Waals surface area contributed by atoms with Crippen molar-refractivity contribution in [3.8, 4) is 0 Å². The van der Waals surface area contributed by atoms with Gasteiger partial charge in [-0.25, -0.2) is 0 Å². The molecule has 0 amide bonds. The van der Waals surface area contributed by atoms with E-state index in [0.29, 0.717) is 0 Å². The van der Waals surface area contributed by atoms with E-state index in [1.54, 1.807) is 0 Å². The van der Waals surface area contributed by atoms with Crippen LogP contribution in [-0.2, 0) is 10.3 Å². The average Bonchev–Trinajstić information content (AvgIpc) is 2.71. The predicted molar refractivity (Wildman–Crippen MR) is 52.3 cm³/mol. The molecule has 0 spiro atoms. The minimum atomic E-state index is -0.0711. The Morgan fingerprint density at radius 1 is 1.15 bits per heavy atom. The monoisotopic (exact) mass is 172 g/mol. The van der Waals surface area contributed by atoms with E-state index in [1.165, 1.54) is 11.1 Å². The minimum Gasteiger partial charge on any atom is -0.354 e. The van der Waals surface area contributed by atoms with Gasteiger partial charge >= 0.3 is 0 Å². The van der Waals surface area contributed by atoms with Crippen LogP contribution in [0, 0.1) is 0 Å². The molecular weight excluding hydrogens is 160 g/mol. The number of epoxide rings is 1. The van der Waals surface area contributed by atoms with E-state index in [2.05, 4.69) is 50.3 Å². The number of rotatable bonds is 0. The molecule has 1 aliphatic carbocycles.